The molecule has 2 aliphatic heterocycles. The van der Waals surface area contributed by atoms with Gasteiger partial charge in [0, 0.05) is 40.9 Å². The molecule has 4 aromatic heterocycles. The van der Waals surface area contributed by atoms with E-state index in [2.05, 4.69) is 67.2 Å². The second-order valence-corrected chi connectivity index (χ2v) is 12.6. The number of hydrogen-bond donors (Lipinski definition) is 3. The fraction of sp³-hybridized carbons (Fsp3) is 0.425. The van der Waals surface area contributed by atoms with Crippen molar-refractivity contribution in [3.63, 3.8) is 0 Å². The highest BCUT2D eigenvalue weighted by molar-refractivity contribution is 5.77. The molecule has 6 heterocycles. The largest absolute Gasteiger partial charge is 0.355 e. The van der Waals surface area contributed by atoms with Crippen molar-refractivity contribution in [1.29, 1.82) is 0 Å². The fourth-order valence-corrected chi connectivity index (χ4v) is 6.04. The highest BCUT2D eigenvalue weighted by Gasteiger charge is 2.02. The van der Waals surface area contributed by atoms with Crippen LogP contribution >= 0.6 is 0 Å². The van der Waals surface area contributed by atoms with Gasteiger partial charge in [-0.3, -0.25) is 0 Å². The van der Waals surface area contributed by atoms with Crippen molar-refractivity contribution < 1.29 is 0 Å². The predicted octanol–water partition coefficient (Wildman–Crippen LogP) is 11.5. The van der Waals surface area contributed by atoms with Crippen LogP contribution in [0.2, 0.25) is 0 Å². The smallest absolute Gasteiger partial charge is 0.105 e. The molecule has 8 bridgehead atoms. The van der Waals surface area contributed by atoms with Crippen LogP contribution < -0.4 is 0 Å². The van der Waals surface area contributed by atoms with Crippen LogP contribution in [-0.2, 0) is 6.42 Å². The summed E-state index contributed by atoms with van der Waals surface area (Å²) >= 11 is 0. The first kappa shape index (κ1) is 33.2. The Hall–Kier alpha value is -4.19. The lowest BCUT2D eigenvalue weighted by Gasteiger charge is -2.03. The number of hydrogen-bond acceptors (Lipinski definition) is 3. The molecule has 0 fully saturated rings. The Morgan fingerprint density at radius 2 is 0.891 bits per heavy atom. The van der Waals surface area contributed by atoms with Crippen molar-refractivity contribution in [2.24, 2.45) is 0 Å². The quantitative estimate of drug-likeness (QED) is 0.0945. The number of imidazole rings is 1. The van der Waals surface area contributed by atoms with Crippen molar-refractivity contribution >= 4 is 46.4 Å². The zero-order chi connectivity index (χ0) is 31.7. The summed E-state index contributed by atoms with van der Waals surface area (Å²) in [6, 6.07) is 16.4. The van der Waals surface area contributed by atoms with Crippen molar-refractivity contribution in [3.05, 3.63) is 89.5 Å². The molecule has 0 radical (unpaired) electrons. The summed E-state index contributed by atoms with van der Waals surface area (Å²) in [6.45, 7) is 2.29. The minimum Gasteiger partial charge on any atom is -0.355 e. The maximum Gasteiger partial charge on any atom is 0.105 e. The normalized spacial score (nSPS) is 11.9. The van der Waals surface area contributed by atoms with Gasteiger partial charge in [0.2, 0.25) is 0 Å². The van der Waals surface area contributed by atoms with Crippen LogP contribution in [0.3, 0.4) is 0 Å². The number of unbranched alkanes of at least 4 members (excludes halogenated alkanes) is 14. The maximum absolute atomic E-state index is 4.62. The number of H-pyrrole nitrogens is 3. The van der Waals surface area contributed by atoms with E-state index in [0.717, 1.165) is 57.1 Å². The van der Waals surface area contributed by atoms with E-state index in [1.54, 1.807) is 0 Å². The van der Waals surface area contributed by atoms with E-state index < -0.39 is 0 Å². The molecule has 0 saturated carbocycles. The second kappa shape index (κ2) is 18.7. The van der Waals surface area contributed by atoms with Crippen LogP contribution in [0.25, 0.3) is 46.4 Å². The zero-order valence-electron chi connectivity index (χ0n) is 27.7. The van der Waals surface area contributed by atoms with Gasteiger partial charge in [-0.2, -0.15) is 0 Å². The second-order valence-electron chi connectivity index (χ2n) is 12.6. The van der Waals surface area contributed by atoms with Gasteiger partial charge in [0.15, 0.2) is 0 Å². The molecule has 0 aromatic carbocycles. The third kappa shape index (κ3) is 11.6. The van der Waals surface area contributed by atoms with Gasteiger partial charge in [0.1, 0.15) is 5.82 Å². The van der Waals surface area contributed by atoms with Gasteiger partial charge in [-0.05, 0) is 79.3 Å². The van der Waals surface area contributed by atoms with E-state index in [1.165, 1.54) is 96.3 Å². The van der Waals surface area contributed by atoms with E-state index in [1.807, 2.05) is 54.9 Å². The van der Waals surface area contributed by atoms with E-state index >= 15 is 0 Å². The number of fused-ring (bicyclic) bond motifs is 8. The van der Waals surface area contributed by atoms with Crippen molar-refractivity contribution in [2.75, 3.05) is 0 Å². The third-order valence-corrected chi connectivity index (χ3v) is 8.61. The highest BCUT2D eigenvalue weighted by atomic mass is 14.9. The molecule has 46 heavy (non-hydrogen) atoms. The molecule has 2 aliphatic rings. The third-order valence-electron chi connectivity index (χ3n) is 8.61. The van der Waals surface area contributed by atoms with Crippen LogP contribution in [0.1, 0.15) is 132 Å². The van der Waals surface area contributed by atoms with Gasteiger partial charge in [0.25, 0.3) is 0 Å². The van der Waals surface area contributed by atoms with E-state index in [9.17, 15) is 0 Å². The fourth-order valence-electron chi connectivity index (χ4n) is 6.04. The minimum atomic E-state index is 0.915. The molecular weight excluding hydrogens is 564 g/mol. The molecule has 0 aliphatic carbocycles. The van der Waals surface area contributed by atoms with Gasteiger partial charge in [0.05, 0.1) is 22.8 Å². The summed E-state index contributed by atoms with van der Waals surface area (Å²) in [4.78, 5) is 23.5. The van der Waals surface area contributed by atoms with Crippen molar-refractivity contribution in [2.45, 2.75) is 110 Å². The summed E-state index contributed by atoms with van der Waals surface area (Å²) in [5.41, 5.74) is 7.86. The number of aryl methyl sites for hydroxylation is 1. The molecule has 6 rings (SSSR count). The van der Waals surface area contributed by atoms with Crippen LogP contribution in [-0.4, -0.2) is 29.9 Å². The first-order valence-corrected chi connectivity index (χ1v) is 17.8. The van der Waals surface area contributed by atoms with Crippen molar-refractivity contribution in [3.8, 4) is 0 Å². The number of aromatic amines is 3. The molecule has 3 N–H and O–H groups in total. The molecule has 0 atom stereocenters. The first-order chi connectivity index (χ1) is 22.7. The van der Waals surface area contributed by atoms with E-state index in [-0.39, 0.29) is 0 Å². The molecule has 6 nitrogen and oxygen atoms in total. The Morgan fingerprint density at radius 1 is 0.478 bits per heavy atom. The van der Waals surface area contributed by atoms with Gasteiger partial charge < -0.3 is 15.0 Å². The lowest BCUT2D eigenvalue weighted by atomic mass is 10.0. The SMILES string of the molecule is C1=Cc2cc3ccc(cc4ccc(cc5nc(cc1n2)C=C5)[nH]4)[nH]3.CCCCCCCCCCCCCCCCCc1ncc[nH]1. The number of nitrogens with one attached hydrogen (secondary N) is 3. The Kier molecular flexibility index (Phi) is 13.5. The van der Waals surface area contributed by atoms with Crippen LogP contribution in [0, 0.1) is 0 Å². The molecule has 6 heteroatoms. The molecule has 4 aromatic rings. The summed E-state index contributed by atoms with van der Waals surface area (Å²) in [5, 5.41) is 0. The lowest BCUT2D eigenvalue weighted by molar-refractivity contribution is 0.531. The van der Waals surface area contributed by atoms with Gasteiger partial charge in [-0.25, -0.2) is 15.0 Å². The lowest BCUT2D eigenvalue weighted by Crippen LogP contribution is -1.88. The average Bonchev–Trinajstić information content (AvgIpc) is 3.90. The van der Waals surface area contributed by atoms with Gasteiger partial charge >= 0.3 is 0 Å². The zero-order valence-corrected chi connectivity index (χ0v) is 27.7. The molecule has 0 spiro atoms. The molecular formula is C40H52N6. The van der Waals surface area contributed by atoms with Gasteiger partial charge in [-0.1, -0.05) is 96.8 Å². The average molecular weight is 617 g/mol. The monoisotopic (exact) mass is 616 g/mol. The van der Waals surface area contributed by atoms with Crippen molar-refractivity contribution in [1.82, 2.24) is 29.9 Å². The number of nitrogens with zero attached hydrogens (tertiary/aromatic N) is 3. The Morgan fingerprint density at radius 3 is 1.33 bits per heavy atom. The number of rotatable bonds is 16. The molecule has 0 saturated heterocycles. The standard InChI is InChI=1S/C20H14N4.C20H38N2/c1-2-14-10-16-5-6-18(23-16)12-20-8-7-19(24-20)11-17-4-3-15(22-17)9-13(1)21-14;1-2-3-4-5-6-7-8-9-10-11-12-13-14-15-16-17-20-21-18-19-22-20/h1-12,21-22H;18-19H,2-17H2,1H3,(H,21,22). The Balaban J connectivity index is 0.000000182. The minimum absolute atomic E-state index is 0.915. The van der Waals surface area contributed by atoms with Crippen LogP contribution in [0.4, 0.5) is 0 Å². The summed E-state index contributed by atoms with van der Waals surface area (Å²) in [5.74, 6) is 1.15. The Bertz CT molecular complexity index is 1580. The van der Waals surface area contributed by atoms with Gasteiger partial charge in [-0.15, -0.1) is 0 Å². The van der Waals surface area contributed by atoms with E-state index in [0.29, 0.717) is 0 Å². The van der Waals surface area contributed by atoms with E-state index in [4.69, 9.17) is 0 Å². The van der Waals surface area contributed by atoms with Crippen LogP contribution in [0.5, 0.6) is 0 Å². The topological polar surface area (TPSA) is 86.0 Å². The summed E-state index contributed by atoms with van der Waals surface area (Å²) in [6.07, 6.45) is 34.3. The molecule has 0 unspecified atom stereocenters. The molecule has 242 valence electrons. The maximum atomic E-state index is 4.62. The highest BCUT2D eigenvalue weighted by Crippen LogP contribution is 2.18. The summed E-state index contributed by atoms with van der Waals surface area (Å²) in [7, 11) is 0. The Labute approximate surface area is 275 Å². The number of aromatic nitrogens is 6. The first-order valence-electron chi connectivity index (χ1n) is 17.8. The van der Waals surface area contributed by atoms with Crippen LogP contribution in [0.15, 0.2) is 60.9 Å². The molecule has 0 amide bonds. The summed E-state index contributed by atoms with van der Waals surface area (Å²) < 4.78 is 0. The predicted molar refractivity (Wildman–Crippen MR) is 196 cm³/mol.